The SMILES string of the molecule is CN=C(NCCc1ccccn1)N1CCN(Cc2ccc(Br)c(F)c2)CC1. The number of aliphatic imine (C=N–C) groups is 1. The second kappa shape index (κ2) is 9.80. The Labute approximate surface area is 168 Å². The van der Waals surface area contributed by atoms with Crippen LogP contribution in [0.15, 0.2) is 52.1 Å². The molecule has 0 spiro atoms. The third-order valence-electron chi connectivity index (χ3n) is 4.66. The quantitative estimate of drug-likeness (QED) is 0.581. The van der Waals surface area contributed by atoms with Crippen molar-refractivity contribution in [1.29, 1.82) is 0 Å². The summed E-state index contributed by atoms with van der Waals surface area (Å²) in [6.45, 7) is 5.24. The lowest BCUT2D eigenvalue weighted by molar-refractivity contribution is 0.172. The van der Waals surface area contributed by atoms with Gasteiger partial charge in [0.15, 0.2) is 5.96 Å². The van der Waals surface area contributed by atoms with Gasteiger partial charge in [-0.3, -0.25) is 14.9 Å². The van der Waals surface area contributed by atoms with Gasteiger partial charge in [-0.15, -0.1) is 0 Å². The maximum Gasteiger partial charge on any atom is 0.193 e. The summed E-state index contributed by atoms with van der Waals surface area (Å²) < 4.78 is 14.2. The number of nitrogens with one attached hydrogen (secondary N) is 1. The molecule has 1 aromatic carbocycles. The fourth-order valence-corrected chi connectivity index (χ4v) is 3.44. The van der Waals surface area contributed by atoms with Crippen LogP contribution in [-0.2, 0) is 13.0 Å². The molecule has 2 heterocycles. The number of halogens is 2. The molecule has 0 unspecified atom stereocenters. The molecule has 1 fully saturated rings. The number of hydrogen-bond acceptors (Lipinski definition) is 3. The Morgan fingerprint density at radius 1 is 1.22 bits per heavy atom. The molecule has 0 amide bonds. The molecule has 0 radical (unpaired) electrons. The minimum atomic E-state index is -0.205. The molecule has 1 aliphatic rings. The zero-order valence-corrected chi connectivity index (χ0v) is 17.1. The summed E-state index contributed by atoms with van der Waals surface area (Å²) in [6.07, 6.45) is 2.69. The van der Waals surface area contributed by atoms with Gasteiger partial charge in [0, 0.05) is 64.6 Å². The van der Waals surface area contributed by atoms with Gasteiger partial charge in [0.05, 0.1) is 4.47 Å². The number of nitrogens with zero attached hydrogens (tertiary/aromatic N) is 4. The van der Waals surface area contributed by atoms with E-state index >= 15 is 0 Å². The minimum absolute atomic E-state index is 0.205. The van der Waals surface area contributed by atoms with E-state index in [9.17, 15) is 4.39 Å². The smallest absolute Gasteiger partial charge is 0.193 e. The molecule has 1 N–H and O–H groups in total. The number of benzene rings is 1. The van der Waals surface area contributed by atoms with Crippen molar-refractivity contribution in [3.05, 3.63) is 64.1 Å². The molecular weight excluding hydrogens is 409 g/mol. The molecule has 0 bridgehead atoms. The summed E-state index contributed by atoms with van der Waals surface area (Å²) in [6, 6.07) is 11.3. The van der Waals surface area contributed by atoms with Gasteiger partial charge in [-0.2, -0.15) is 0 Å². The maximum atomic E-state index is 13.7. The van der Waals surface area contributed by atoms with E-state index in [1.165, 1.54) is 0 Å². The van der Waals surface area contributed by atoms with Gasteiger partial charge < -0.3 is 10.2 Å². The highest BCUT2D eigenvalue weighted by molar-refractivity contribution is 9.10. The normalized spacial score (nSPS) is 15.8. The monoisotopic (exact) mass is 433 g/mol. The summed E-state index contributed by atoms with van der Waals surface area (Å²) in [4.78, 5) is 13.4. The molecule has 144 valence electrons. The van der Waals surface area contributed by atoms with Gasteiger partial charge in [-0.25, -0.2) is 4.39 Å². The molecular formula is C20H25BrFN5. The van der Waals surface area contributed by atoms with E-state index in [2.05, 4.69) is 41.0 Å². The lowest BCUT2D eigenvalue weighted by Crippen LogP contribution is -2.52. The first-order valence-electron chi connectivity index (χ1n) is 9.17. The zero-order chi connectivity index (χ0) is 19.1. The van der Waals surface area contributed by atoms with E-state index < -0.39 is 0 Å². The first kappa shape index (κ1) is 19.8. The van der Waals surface area contributed by atoms with Crippen molar-refractivity contribution in [2.75, 3.05) is 39.8 Å². The molecule has 1 aromatic heterocycles. The summed E-state index contributed by atoms with van der Waals surface area (Å²) in [7, 11) is 1.82. The molecule has 5 nitrogen and oxygen atoms in total. The van der Waals surface area contributed by atoms with Crippen molar-refractivity contribution < 1.29 is 4.39 Å². The Bertz CT molecular complexity index is 760. The van der Waals surface area contributed by atoms with Gasteiger partial charge in [0.1, 0.15) is 5.82 Å². The summed E-state index contributed by atoms with van der Waals surface area (Å²) >= 11 is 3.20. The average molecular weight is 434 g/mol. The van der Waals surface area contributed by atoms with Gasteiger partial charge >= 0.3 is 0 Å². The van der Waals surface area contributed by atoms with Crippen LogP contribution < -0.4 is 5.32 Å². The summed E-state index contributed by atoms with van der Waals surface area (Å²) in [5, 5.41) is 3.43. The van der Waals surface area contributed by atoms with Crippen LogP contribution in [0, 0.1) is 5.82 Å². The van der Waals surface area contributed by atoms with E-state index in [4.69, 9.17) is 0 Å². The van der Waals surface area contributed by atoms with Crippen LogP contribution in [0.3, 0.4) is 0 Å². The Balaban J connectivity index is 1.44. The van der Waals surface area contributed by atoms with E-state index in [1.807, 2.05) is 37.5 Å². The maximum absolute atomic E-state index is 13.7. The number of rotatable bonds is 5. The first-order chi connectivity index (χ1) is 13.2. The van der Waals surface area contributed by atoms with Gasteiger partial charge in [0.2, 0.25) is 0 Å². The second-order valence-electron chi connectivity index (χ2n) is 6.56. The van der Waals surface area contributed by atoms with E-state index in [-0.39, 0.29) is 5.82 Å². The molecule has 0 atom stereocenters. The van der Waals surface area contributed by atoms with E-state index in [0.29, 0.717) is 4.47 Å². The highest BCUT2D eigenvalue weighted by Gasteiger charge is 2.19. The summed E-state index contributed by atoms with van der Waals surface area (Å²) in [5.41, 5.74) is 2.08. The van der Waals surface area contributed by atoms with Crippen molar-refractivity contribution in [3.63, 3.8) is 0 Å². The van der Waals surface area contributed by atoms with Crippen molar-refractivity contribution >= 4 is 21.9 Å². The Morgan fingerprint density at radius 3 is 2.70 bits per heavy atom. The Hall–Kier alpha value is -1.99. The highest BCUT2D eigenvalue weighted by atomic mass is 79.9. The number of hydrogen-bond donors (Lipinski definition) is 1. The van der Waals surface area contributed by atoms with Crippen molar-refractivity contribution in [3.8, 4) is 0 Å². The van der Waals surface area contributed by atoms with E-state index in [0.717, 1.165) is 62.9 Å². The lowest BCUT2D eigenvalue weighted by Gasteiger charge is -2.36. The van der Waals surface area contributed by atoms with E-state index in [1.54, 1.807) is 12.1 Å². The van der Waals surface area contributed by atoms with Crippen LogP contribution in [0.1, 0.15) is 11.3 Å². The van der Waals surface area contributed by atoms with Crippen LogP contribution >= 0.6 is 15.9 Å². The largest absolute Gasteiger partial charge is 0.356 e. The predicted molar refractivity (Wildman–Crippen MR) is 110 cm³/mol. The van der Waals surface area contributed by atoms with Crippen molar-refractivity contribution in [2.45, 2.75) is 13.0 Å². The highest BCUT2D eigenvalue weighted by Crippen LogP contribution is 2.18. The van der Waals surface area contributed by atoms with Gasteiger partial charge in [-0.05, 0) is 45.8 Å². The third kappa shape index (κ3) is 5.74. The molecule has 3 rings (SSSR count). The van der Waals surface area contributed by atoms with Crippen molar-refractivity contribution in [1.82, 2.24) is 20.1 Å². The van der Waals surface area contributed by atoms with Gasteiger partial charge in [-0.1, -0.05) is 12.1 Å². The molecule has 7 heteroatoms. The topological polar surface area (TPSA) is 43.8 Å². The zero-order valence-electron chi connectivity index (χ0n) is 15.5. The lowest BCUT2D eigenvalue weighted by atomic mass is 10.2. The second-order valence-corrected chi connectivity index (χ2v) is 7.41. The minimum Gasteiger partial charge on any atom is -0.356 e. The van der Waals surface area contributed by atoms with Gasteiger partial charge in [0.25, 0.3) is 0 Å². The third-order valence-corrected chi connectivity index (χ3v) is 5.31. The fourth-order valence-electron chi connectivity index (χ4n) is 3.19. The van der Waals surface area contributed by atoms with Crippen LogP contribution in [-0.4, -0.2) is 60.5 Å². The summed E-state index contributed by atoms with van der Waals surface area (Å²) in [5.74, 6) is 0.726. The molecule has 2 aromatic rings. The van der Waals surface area contributed by atoms with Crippen LogP contribution in [0.5, 0.6) is 0 Å². The predicted octanol–water partition coefficient (Wildman–Crippen LogP) is 2.92. The Morgan fingerprint density at radius 2 is 2.04 bits per heavy atom. The number of piperazine rings is 1. The number of guanidine groups is 1. The molecule has 0 aliphatic carbocycles. The number of pyridine rings is 1. The number of aromatic nitrogens is 1. The standard InChI is InChI=1S/C20H25BrFN5/c1-23-20(25-9-7-17-4-2-3-8-24-17)27-12-10-26(11-13-27)15-16-5-6-18(21)19(22)14-16/h2-6,8,14H,7,9-13,15H2,1H3,(H,23,25). The first-order valence-corrected chi connectivity index (χ1v) is 9.97. The van der Waals surface area contributed by atoms with Crippen molar-refractivity contribution in [2.24, 2.45) is 4.99 Å². The fraction of sp³-hybridized carbons (Fsp3) is 0.400. The van der Waals surface area contributed by atoms with Crippen LogP contribution in [0.4, 0.5) is 4.39 Å². The molecule has 1 saturated heterocycles. The average Bonchev–Trinajstić information content (AvgIpc) is 2.70. The molecule has 27 heavy (non-hydrogen) atoms. The van der Waals surface area contributed by atoms with Crippen LogP contribution in [0.2, 0.25) is 0 Å². The molecule has 0 saturated carbocycles. The Kier molecular flexibility index (Phi) is 7.18. The molecule has 1 aliphatic heterocycles. The van der Waals surface area contributed by atoms with Crippen LogP contribution in [0.25, 0.3) is 0 Å².